The molecule has 18 heavy (non-hydrogen) atoms. The molecule has 96 valence electrons. The lowest BCUT2D eigenvalue weighted by molar-refractivity contribution is -0.129. The maximum absolute atomic E-state index is 11.8. The highest BCUT2D eigenvalue weighted by atomic mass is 16.6. The smallest absolute Gasteiger partial charge is 0.436 e. The topological polar surface area (TPSA) is 75.7 Å². The maximum atomic E-state index is 11.8. The first-order chi connectivity index (χ1) is 8.56. The average molecular weight is 250 g/mol. The number of carbonyl (C=O) groups is 3. The van der Waals surface area contributed by atoms with Crippen LogP contribution in [-0.4, -0.2) is 29.5 Å². The average Bonchev–Trinajstić information content (AvgIpc) is 2.36. The predicted molar refractivity (Wildman–Crippen MR) is 63.5 cm³/mol. The Hall–Kier alpha value is -2.37. The van der Waals surface area contributed by atoms with Gasteiger partial charge in [0, 0.05) is 12.5 Å². The van der Waals surface area contributed by atoms with Crippen molar-refractivity contribution in [2.45, 2.75) is 13.8 Å². The maximum Gasteiger partial charge on any atom is 0.436 e. The molecule has 1 N–H and O–H groups in total. The second-order valence-corrected chi connectivity index (χ2v) is 3.36. The highest BCUT2D eigenvalue weighted by Gasteiger charge is 2.22. The number of ether oxygens (including phenoxy) is 1. The zero-order chi connectivity index (χ0) is 13.5. The number of amides is 3. The summed E-state index contributed by atoms with van der Waals surface area (Å²) in [6.07, 6.45) is -0.908. The monoisotopic (exact) mass is 250 g/mol. The van der Waals surface area contributed by atoms with Crippen molar-refractivity contribution in [2.24, 2.45) is 0 Å². The van der Waals surface area contributed by atoms with Crippen LogP contribution in [0.25, 0.3) is 0 Å². The molecule has 1 aromatic rings. The Bertz CT molecular complexity index is 445. The molecule has 0 radical (unpaired) electrons. The van der Waals surface area contributed by atoms with Gasteiger partial charge < -0.3 is 4.74 Å². The number of nitrogens with one attached hydrogen (secondary N) is 1. The van der Waals surface area contributed by atoms with Gasteiger partial charge in [-0.15, -0.1) is 0 Å². The molecule has 0 heterocycles. The van der Waals surface area contributed by atoms with Crippen molar-refractivity contribution >= 4 is 17.9 Å². The summed E-state index contributed by atoms with van der Waals surface area (Å²) in [6.45, 7) is 2.88. The first kappa shape index (κ1) is 13.7. The molecule has 6 nitrogen and oxygen atoms in total. The fourth-order valence-electron chi connectivity index (χ4n) is 1.20. The van der Waals surface area contributed by atoms with Gasteiger partial charge in [0.05, 0.1) is 6.61 Å². The minimum absolute atomic E-state index is 0.115. The molecule has 1 rings (SSSR count). The molecular formula is C12H14N2O4. The van der Waals surface area contributed by atoms with Crippen LogP contribution in [0.2, 0.25) is 0 Å². The zero-order valence-electron chi connectivity index (χ0n) is 10.2. The molecular weight excluding hydrogens is 236 g/mol. The number of imide groups is 1. The molecule has 0 aliphatic carbocycles. The molecule has 0 aliphatic rings. The lowest BCUT2D eigenvalue weighted by atomic mass is 10.2. The molecule has 0 unspecified atom stereocenters. The zero-order valence-corrected chi connectivity index (χ0v) is 10.2. The van der Waals surface area contributed by atoms with Gasteiger partial charge in [-0.25, -0.2) is 4.79 Å². The van der Waals surface area contributed by atoms with E-state index in [9.17, 15) is 14.4 Å². The summed E-state index contributed by atoms with van der Waals surface area (Å²) in [4.78, 5) is 34.4. The third-order valence-corrected chi connectivity index (χ3v) is 2.01. The van der Waals surface area contributed by atoms with Gasteiger partial charge in [-0.3, -0.25) is 15.0 Å². The first-order valence-corrected chi connectivity index (χ1v) is 5.39. The SMILES string of the molecule is CCOC(=O)N(NC(=O)c1ccccc1)C(C)=O. The molecule has 1 aromatic carbocycles. The number of hydrogen-bond acceptors (Lipinski definition) is 4. The first-order valence-electron chi connectivity index (χ1n) is 5.39. The summed E-state index contributed by atoms with van der Waals surface area (Å²) in [5, 5.41) is 0.541. The Balaban J connectivity index is 2.76. The Morgan fingerprint density at radius 2 is 1.83 bits per heavy atom. The van der Waals surface area contributed by atoms with Gasteiger partial charge >= 0.3 is 6.09 Å². The van der Waals surface area contributed by atoms with Crippen molar-refractivity contribution in [3.63, 3.8) is 0 Å². The molecule has 0 bridgehead atoms. The van der Waals surface area contributed by atoms with Crippen molar-refractivity contribution in [3.8, 4) is 0 Å². The second-order valence-electron chi connectivity index (χ2n) is 3.36. The minimum atomic E-state index is -0.908. The summed E-state index contributed by atoms with van der Waals surface area (Å²) in [6, 6.07) is 8.25. The lowest BCUT2D eigenvalue weighted by Crippen LogP contribution is -2.49. The van der Waals surface area contributed by atoms with Gasteiger partial charge in [0.1, 0.15) is 0 Å². The van der Waals surface area contributed by atoms with Gasteiger partial charge in [0.15, 0.2) is 0 Å². The van der Waals surface area contributed by atoms with E-state index >= 15 is 0 Å². The Kier molecular flexibility index (Phi) is 4.86. The Morgan fingerprint density at radius 3 is 2.33 bits per heavy atom. The Morgan fingerprint density at radius 1 is 1.22 bits per heavy atom. The van der Waals surface area contributed by atoms with E-state index in [2.05, 4.69) is 10.2 Å². The van der Waals surface area contributed by atoms with E-state index in [-0.39, 0.29) is 6.61 Å². The lowest BCUT2D eigenvalue weighted by Gasteiger charge is -2.18. The van der Waals surface area contributed by atoms with E-state index in [4.69, 9.17) is 0 Å². The molecule has 3 amide bonds. The number of hydrogen-bond donors (Lipinski definition) is 1. The van der Waals surface area contributed by atoms with Crippen LogP contribution in [0.15, 0.2) is 30.3 Å². The highest BCUT2D eigenvalue weighted by molar-refractivity contribution is 5.99. The number of nitrogens with zero attached hydrogens (tertiary/aromatic N) is 1. The van der Waals surface area contributed by atoms with Crippen LogP contribution in [-0.2, 0) is 9.53 Å². The van der Waals surface area contributed by atoms with Gasteiger partial charge in [-0.1, -0.05) is 18.2 Å². The van der Waals surface area contributed by atoms with Gasteiger partial charge in [-0.05, 0) is 19.1 Å². The fourth-order valence-corrected chi connectivity index (χ4v) is 1.20. The Labute approximate surface area is 104 Å². The molecule has 0 saturated carbocycles. The van der Waals surface area contributed by atoms with Crippen molar-refractivity contribution in [2.75, 3.05) is 6.61 Å². The van der Waals surface area contributed by atoms with Crippen molar-refractivity contribution in [1.29, 1.82) is 0 Å². The normalized spacial score (nSPS) is 9.44. The second kappa shape index (κ2) is 6.39. The number of carbonyl (C=O) groups excluding carboxylic acids is 3. The van der Waals surface area contributed by atoms with Gasteiger partial charge in [0.2, 0.25) is 5.91 Å². The summed E-state index contributed by atoms with van der Waals surface area (Å²) in [7, 11) is 0. The van der Waals surface area contributed by atoms with Crippen LogP contribution in [0.4, 0.5) is 4.79 Å². The standard InChI is InChI=1S/C12H14N2O4/c1-3-18-12(17)14(9(2)15)13-11(16)10-7-5-4-6-8-10/h4-8H,3H2,1-2H3,(H,13,16). The van der Waals surface area contributed by atoms with Gasteiger partial charge in [0.25, 0.3) is 5.91 Å². The van der Waals surface area contributed by atoms with E-state index in [0.29, 0.717) is 10.6 Å². The third-order valence-electron chi connectivity index (χ3n) is 2.01. The largest absolute Gasteiger partial charge is 0.448 e. The molecule has 0 fully saturated rings. The quantitative estimate of drug-likeness (QED) is 0.803. The van der Waals surface area contributed by atoms with Crippen LogP contribution < -0.4 is 5.43 Å². The van der Waals surface area contributed by atoms with Crippen LogP contribution in [0, 0.1) is 0 Å². The van der Waals surface area contributed by atoms with E-state index in [0.717, 1.165) is 6.92 Å². The van der Waals surface area contributed by atoms with Crippen LogP contribution in [0.3, 0.4) is 0 Å². The highest BCUT2D eigenvalue weighted by Crippen LogP contribution is 2.00. The van der Waals surface area contributed by atoms with Crippen LogP contribution in [0.1, 0.15) is 24.2 Å². The summed E-state index contributed by atoms with van der Waals surface area (Å²) in [5.74, 6) is -1.18. The molecule has 6 heteroatoms. The third kappa shape index (κ3) is 3.58. The van der Waals surface area contributed by atoms with E-state index < -0.39 is 17.9 Å². The molecule has 0 aromatic heterocycles. The van der Waals surface area contributed by atoms with E-state index in [1.807, 2.05) is 0 Å². The van der Waals surface area contributed by atoms with E-state index in [1.165, 1.54) is 0 Å². The molecule has 0 saturated heterocycles. The fraction of sp³-hybridized carbons (Fsp3) is 0.250. The van der Waals surface area contributed by atoms with Crippen LogP contribution in [0.5, 0.6) is 0 Å². The summed E-state index contributed by atoms with van der Waals surface area (Å²) in [5.41, 5.74) is 2.53. The van der Waals surface area contributed by atoms with Crippen molar-refractivity contribution in [3.05, 3.63) is 35.9 Å². The molecule has 0 atom stereocenters. The predicted octanol–water partition coefficient (Wildman–Crippen LogP) is 1.34. The van der Waals surface area contributed by atoms with Gasteiger partial charge in [-0.2, -0.15) is 5.01 Å². The molecule has 0 aliphatic heterocycles. The van der Waals surface area contributed by atoms with Crippen molar-refractivity contribution in [1.82, 2.24) is 10.4 Å². The number of benzene rings is 1. The number of rotatable bonds is 2. The molecule has 0 spiro atoms. The summed E-state index contributed by atoms with van der Waals surface area (Å²) < 4.78 is 4.65. The van der Waals surface area contributed by atoms with Crippen LogP contribution >= 0.6 is 0 Å². The van der Waals surface area contributed by atoms with Crippen molar-refractivity contribution < 1.29 is 19.1 Å². The number of hydrazine groups is 1. The van der Waals surface area contributed by atoms with E-state index in [1.54, 1.807) is 37.3 Å². The summed E-state index contributed by atoms with van der Waals surface area (Å²) >= 11 is 0. The minimum Gasteiger partial charge on any atom is -0.448 e.